The number of fused-ring (bicyclic) bond motifs is 4. The van der Waals surface area contributed by atoms with Crippen molar-refractivity contribution in [1.29, 1.82) is 0 Å². The lowest BCUT2D eigenvalue weighted by molar-refractivity contribution is 0.545. The first-order valence-electron chi connectivity index (χ1n) is 24.8. The summed E-state index contributed by atoms with van der Waals surface area (Å²) >= 11 is 3.05. The maximum absolute atomic E-state index is 15.3. The Kier molecular flexibility index (Phi) is 18.7. The fraction of sp³-hybridized carbons (Fsp3) is 0.615. The van der Waals surface area contributed by atoms with Crippen LogP contribution in [0.25, 0.3) is 51.1 Å². The second-order valence-electron chi connectivity index (χ2n) is 17.8. The van der Waals surface area contributed by atoms with Gasteiger partial charge in [0.25, 0.3) is 22.2 Å². The van der Waals surface area contributed by atoms with Crippen LogP contribution < -0.4 is 32.9 Å². The highest BCUT2D eigenvalue weighted by Crippen LogP contribution is 2.47. The van der Waals surface area contributed by atoms with E-state index in [1.807, 2.05) is 12.1 Å². The van der Waals surface area contributed by atoms with Crippen molar-refractivity contribution in [3.05, 3.63) is 65.7 Å². The van der Waals surface area contributed by atoms with Gasteiger partial charge in [-0.3, -0.25) is 28.3 Å². The Bertz CT molecular complexity index is 2430. The van der Waals surface area contributed by atoms with Gasteiger partial charge in [-0.25, -0.2) is 0 Å². The number of benzene rings is 3. The number of rotatable bonds is 30. The number of aromatic nitrogens is 2. The van der Waals surface area contributed by atoms with E-state index in [-0.39, 0.29) is 22.2 Å². The van der Waals surface area contributed by atoms with Gasteiger partial charge in [0.05, 0.1) is 42.3 Å². The molecular weight excluding hydrogens is 809 g/mol. The molecule has 0 aliphatic rings. The summed E-state index contributed by atoms with van der Waals surface area (Å²) in [5.74, 6) is 0. The van der Waals surface area contributed by atoms with E-state index in [1.165, 1.54) is 83.2 Å². The van der Waals surface area contributed by atoms with Gasteiger partial charge in [0.15, 0.2) is 0 Å². The van der Waals surface area contributed by atoms with Crippen molar-refractivity contribution in [2.45, 2.75) is 195 Å². The van der Waals surface area contributed by atoms with Gasteiger partial charge in [0.2, 0.25) is 0 Å². The number of nitrogens with one attached hydrogen (secondary N) is 2. The third-order valence-electron chi connectivity index (χ3n) is 12.9. The van der Waals surface area contributed by atoms with Gasteiger partial charge in [0, 0.05) is 46.4 Å². The topological polar surface area (TPSA) is 102 Å². The second-order valence-corrected chi connectivity index (χ2v) is 19.9. The molecule has 0 spiro atoms. The van der Waals surface area contributed by atoms with Crippen molar-refractivity contribution in [3.8, 4) is 0 Å². The molecule has 10 heteroatoms. The Morgan fingerprint density at radius 1 is 0.387 bits per heavy atom. The standard InChI is InChI=1S/C52H74N4O4S2/c1-5-9-13-17-21-27-33-53-45-41-39-40-42(46(45)54-34-28-22-18-14-10-6-2)50(58)56(36-30-24-20-16-12-8-4)52(60)44(40)48-47(61-37-31-25-26-32-38(37)62-48)43(39)51(59)55(49(41)57)35-29-23-19-15-11-7-3/h25-26,31-32,53-54H,5-24,27-30,33-36H2,1-4H3. The minimum absolute atomic E-state index is 0.318. The highest BCUT2D eigenvalue weighted by Gasteiger charge is 2.30. The van der Waals surface area contributed by atoms with Crippen LogP contribution in [0.2, 0.25) is 0 Å². The molecule has 62 heavy (non-hydrogen) atoms. The summed E-state index contributed by atoms with van der Waals surface area (Å²) in [5, 5.41) is 10.2. The predicted molar refractivity (Wildman–Crippen MR) is 272 cm³/mol. The first-order chi connectivity index (χ1) is 30.4. The molecular formula is C52H74N4O4S2. The third kappa shape index (κ3) is 10.9. The normalized spacial score (nSPS) is 12.0. The van der Waals surface area contributed by atoms with Crippen LogP contribution in [0.15, 0.2) is 43.4 Å². The number of hydrogen-bond donors (Lipinski definition) is 2. The summed E-state index contributed by atoms with van der Waals surface area (Å²) in [6.45, 7) is 10.8. The third-order valence-corrected chi connectivity index (χ3v) is 15.5. The monoisotopic (exact) mass is 883 g/mol. The quantitative estimate of drug-likeness (QED) is 0.0265. The molecule has 3 aromatic heterocycles. The van der Waals surface area contributed by atoms with Crippen molar-refractivity contribution in [2.75, 3.05) is 23.7 Å². The maximum atomic E-state index is 15.3. The fourth-order valence-corrected chi connectivity index (χ4v) is 11.9. The van der Waals surface area contributed by atoms with Gasteiger partial charge in [-0.05, 0) is 37.8 Å². The van der Waals surface area contributed by atoms with Crippen LogP contribution >= 0.6 is 22.7 Å². The second kappa shape index (κ2) is 24.3. The van der Waals surface area contributed by atoms with E-state index in [4.69, 9.17) is 0 Å². The number of nitrogens with zero attached hydrogens (tertiary/aromatic N) is 2. The van der Waals surface area contributed by atoms with Gasteiger partial charge in [-0.1, -0.05) is 168 Å². The van der Waals surface area contributed by atoms with Crippen LogP contribution in [-0.2, 0) is 13.1 Å². The number of anilines is 2. The van der Waals surface area contributed by atoms with Crippen LogP contribution in [-0.4, -0.2) is 22.2 Å². The largest absolute Gasteiger partial charge is 0.383 e. The number of unbranched alkanes of at least 4 members (excludes halogenated alkanes) is 20. The first-order valence-corrected chi connectivity index (χ1v) is 26.4. The molecule has 6 aromatic rings. The van der Waals surface area contributed by atoms with E-state index >= 15 is 19.2 Å². The molecule has 0 amide bonds. The smallest absolute Gasteiger partial charge is 0.263 e. The van der Waals surface area contributed by atoms with Gasteiger partial charge < -0.3 is 10.6 Å². The molecule has 3 heterocycles. The van der Waals surface area contributed by atoms with Crippen LogP contribution in [0.3, 0.4) is 0 Å². The highest BCUT2D eigenvalue weighted by molar-refractivity contribution is 7.37. The molecule has 0 radical (unpaired) electrons. The number of hydrogen-bond acceptors (Lipinski definition) is 8. The van der Waals surface area contributed by atoms with Crippen LogP contribution in [0, 0.1) is 0 Å². The summed E-state index contributed by atoms with van der Waals surface area (Å²) in [4.78, 5) is 60.8. The molecule has 8 nitrogen and oxygen atoms in total. The van der Waals surface area contributed by atoms with Crippen molar-refractivity contribution < 1.29 is 0 Å². The molecule has 0 saturated heterocycles. The molecule has 0 bridgehead atoms. The highest BCUT2D eigenvalue weighted by atomic mass is 32.1. The lowest BCUT2D eigenvalue weighted by Crippen LogP contribution is -2.37. The van der Waals surface area contributed by atoms with Gasteiger partial charge >= 0.3 is 0 Å². The van der Waals surface area contributed by atoms with E-state index in [0.29, 0.717) is 69.9 Å². The Morgan fingerprint density at radius 2 is 0.694 bits per heavy atom. The predicted octanol–water partition coefficient (Wildman–Crippen LogP) is 14.3. The molecule has 2 N–H and O–H groups in total. The van der Waals surface area contributed by atoms with E-state index in [9.17, 15) is 0 Å². The summed E-state index contributed by atoms with van der Waals surface area (Å²) < 4.78 is 6.45. The van der Waals surface area contributed by atoms with Crippen molar-refractivity contribution >= 4 is 85.2 Å². The lowest BCUT2D eigenvalue weighted by Gasteiger charge is -2.23. The van der Waals surface area contributed by atoms with E-state index in [2.05, 4.69) is 50.5 Å². The molecule has 6 rings (SSSR count). The van der Waals surface area contributed by atoms with Gasteiger partial charge in [-0.2, -0.15) is 0 Å². The SMILES string of the molecule is CCCCCCCCNc1c(NCCCCCCCC)c2c(=O)n(CCCCCCCC)c(=O)c3c4sc5ccccc5sc4c4c(=O)n(CCCCCCCC)c(=O)c1c4c23. The maximum Gasteiger partial charge on any atom is 0.263 e. The zero-order valence-electron chi connectivity index (χ0n) is 38.5. The van der Waals surface area contributed by atoms with Crippen molar-refractivity contribution in [2.24, 2.45) is 0 Å². The van der Waals surface area contributed by atoms with Crippen molar-refractivity contribution in [1.82, 2.24) is 9.13 Å². The Labute approximate surface area is 376 Å². The molecule has 0 saturated carbocycles. The number of pyridine rings is 2. The van der Waals surface area contributed by atoms with E-state index in [1.54, 1.807) is 0 Å². The minimum atomic E-state index is -0.329. The van der Waals surface area contributed by atoms with E-state index in [0.717, 1.165) is 122 Å². The Hall–Kier alpha value is -3.76. The average molecular weight is 883 g/mol. The molecule has 0 aliphatic carbocycles. The minimum Gasteiger partial charge on any atom is -0.383 e. The fourth-order valence-electron chi connectivity index (χ4n) is 9.40. The first kappa shape index (κ1) is 47.7. The summed E-state index contributed by atoms with van der Waals surface area (Å²) in [7, 11) is 0. The molecule has 0 unspecified atom stereocenters. The Balaban J connectivity index is 1.65. The molecule has 338 valence electrons. The van der Waals surface area contributed by atoms with Gasteiger partial charge in [0.1, 0.15) is 0 Å². The van der Waals surface area contributed by atoms with Crippen molar-refractivity contribution in [3.63, 3.8) is 0 Å². The summed E-state index contributed by atoms with van der Waals surface area (Å²) in [6, 6.07) is 8.14. The zero-order valence-corrected chi connectivity index (χ0v) is 40.1. The average Bonchev–Trinajstić information content (AvgIpc) is 3.27. The van der Waals surface area contributed by atoms with Crippen LogP contribution in [0.1, 0.15) is 182 Å². The molecule has 3 aromatic carbocycles. The van der Waals surface area contributed by atoms with Crippen LogP contribution in [0.5, 0.6) is 0 Å². The lowest BCUT2D eigenvalue weighted by atomic mass is 9.93. The molecule has 0 fully saturated rings. The van der Waals surface area contributed by atoms with E-state index < -0.39 is 0 Å². The molecule has 0 aliphatic heterocycles. The zero-order chi connectivity index (χ0) is 43.8. The summed E-state index contributed by atoms with van der Waals surface area (Å²) in [6.07, 6.45) is 26.0. The van der Waals surface area contributed by atoms with Crippen LogP contribution in [0.4, 0.5) is 11.4 Å². The molecule has 0 atom stereocenters. The van der Waals surface area contributed by atoms with Gasteiger partial charge in [-0.15, -0.1) is 22.7 Å². The summed E-state index contributed by atoms with van der Waals surface area (Å²) in [5.41, 5.74) is -0.0705. The Morgan fingerprint density at radius 3 is 1.05 bits per heavy atom.